The molecule has 1 aliphatic rings. The summed E-state index contributed by atoms with van der Waals surface area (Å²) in [6.07, 6.45) is 1.12. The van der Waals surface area contributed by atoms with Crippen LogP contribution in [0.5, 0.6) is 5.75 Å². The molecule has 0 unspecified atom stereocenters. The van der Waals surface area contributed by atoms with E-state index in [4.69, 9.17) is 15.2 Å². The second kappa shape index (κ2) is 3.66. The van der Waals surface area contributed by atoms with Crippen molar-refractivity contribution in [1.82, 2.24) is 0 Å². The van der Waals surface area contributed by atoms with Gasteiger partial charge < -0.3 is 15.2 Å². The summed E-state index contributed by atoms with van der Waals surface area (Å²) in [5, 5.41) is 0. The molecule has 1 aliphatic heterocycles. The SMILES string of the molecule is Nc1ccccc1O[C@H]1CCOC1. The molecule has 1 fully saturated rings. The third-order valence-electron chi connectivity index (χ3n) is 2.10. The van der Waals surface area contributed by atoms with Crippen LogP contribution in [0, 0.1) is 0 Å². The fourth-order valence-electron chi connectivity index (χ4n) is 1.37. The van der Waals surface area contributed by atoms with E-state index in [0.717, 1.165) is 18.8 Å². The summed E-state index contributed by atoms with van der Waals surface area (Å²) < 4.78 is 10.9. The van der Waals surface area contributed by atoms with Crippen molar-refractivity contribution < 1.29 is 9.47 Å². The Labute approximate surface area is 77.5 Å². The maximum atomic E-state index is 5.73. The number of nitrogens with two attached hydrogens (primary N) is 1. The summed E-state index contributed by atoms with van der Waals surface area (Å²) >= 11 is 0. The second-order valence-corrected chi connectivity index (χ2v) is 3.14. The number of para-hydroxylation sites is 2. The third kappa shape index (κ3) is 1.92. The summed E-state index contributed by atoms with van der Waals surface area (Å²) in [5.41, 5.74) is 6.42. The van der Waals surface area contributed by atoms with E-state index in [9.17, 15) is 0 Å². The highest BCUT2D eigenvalue weighted by atomic mass is 16.5. The molecule has 3 nitrogen and oxygen atoms in total. The Hall–Kier alpha value is -1.22. The van der Waals surface area contributed by atoms with Crippen LogP contribution in [0.4, 0.5) is 5.69 Å². The molecule has 0 bridgehead atoms. The smallest absolute Gasteiger partial charge is 0.142 e. The molecule has 3 heteroatoms. The Morgan fingerprint density at radius 1 is 1.38 bits per heavy atom. The zero-order valence-corrected chi connectivity index (χ0v) is 7.40. The van der Waals surface area contributed by atoms with Crippen LogP contribution in [-0.4, -0.2) is 19.3 Å². The van der Waals surface area contributed by atoms with Gasteiger partial charge in [0.05, 0.1) is 18.9 Å². The van der Waals surface area contributed by atoms with Crippen LogP contribution >= 0.6 is 0 Å². The van der Waals surface area contributed by atoms with Gasteiger partial charge in [-0.15, -0.1) is 0 Å². The zero-order valence-electron chi connectivity index (χ0n) is 7.40. The van der Waals surface area contributed by atoms with Crippen LogP contribution < -0.4 is 10.5 Å². The van der Waals surface area contributed by atoms with Gasteiger partial charge in [0.2, 0.25) is 0 Å². The van der Waals surface area contributed by atoms with Crippen molar-refractivity contribution in [3.8, 4) is 5.75 Å². The van der Waals surface area contributed by atoms with E-state index in [0.29, 0.717) is 12.3 Å². The molecule has 2 N–H and O–H groups in total. The molecule has 0 radical (unpaired) electrons. The van der Waals surface area contributed by atoms with Crippen LogP contribution in [0.25, 0.3) is 0 Å². The van der Waals surface area contributed by atoms with Gasteiger partial charge in [0.1, 0.15) is 11.9 Å². The molecular formula is C10H13NO2. The average Bonchev–Trinajstić information content (AvgIpc) is 2.61. The second-order valence-electron chi connectivity index (χ2n) is 3.14. The summed E-state index contributed by atoms with van der Waals surface area (Å²) in [7, 11) is 0. The number of nitrogen functional groups attached to an aromatic ring is 1. The molecule has 70 valence electrons. The predicted octanol–water partition coefficient (Wildman–Crippen LogP) is 1.44. The molecule has 2 rings (SSSR count). The third-order valence-corrected chi connectivity index (χ3v) is 2.10. The lowest BCUT2D eigenvalue weighted by Gasteiger charge is -2.12. The molecule has 1 aromatic rings. The fourth-order valence-corrected chi connectivity index (χ4v) is 1.37. The van der Waals surface area contributed by atoms with Gasteiger partial charge in [0, 0.05) is 6.42 Å². The van der Waals surface area contributed by atoms with Crippen molar-refractivity contribution >= 4 is 5.69 Å². The maximum Gasteiger partial charge on any atom is 0.142 e. The van der Waals surface area contributed by atoms with Crippen molar-refractivity contribution in [2.24, 2.45) is 0 Å². The highest BCUT2D eigenvalue weighted by molar-refractivity contribution is 5.51. The zero-order chi connectivity index (χ0) is 9.10. The van der Waals surface area contributed by atoms with Gasteiger partial charge in [-0.05, 0) is 12.1 Å². The first-order valence-corrected chi connectivity index (χ1v) is 4.45. The summed E-state index contributed by atoms with van der Waals surface area (Å²) in [4.78, 5) is 0. The molecule has 0 spiro atoms. The van der Waals surface area contributed by atoms with Gasteiger partial charge in [-0.3, -0.25) is 0 Å². The summed E-state index contributed by atoms with van der Waals surface area (Å²) in [6.45, 7) is 1.46. The number of rotatable bonds is 2. The van der Waals surface area contributed by atoms with Gasteiger partial charge in [0.15, 0.2) is 0 Å². The van der Waals surface area contributed by atoms with Gasteiger partial charge in [-0.25, -0.2) is 0 Å². The van der Waals surface area contributed by atoms with E-state index in [1.165, 1.54) is 0 Å². The van der Waals surface area contributed by atoms with Crippen LogP contribution in [0.3, 0.4) is 0 Å². The molecular weight excluding hydrogens is 166 g/mol. The maximum absolute atomic E-state index is 5.73. The van der Waals surface area contributed by atoms with Crippen LogP contribution in [0.15, 0.2) is 24.3 Å². The molecule has 0 aromatic heterocycles. The van der Waals surface area contributed by atoms with E-state index in [2.05, 4.69) is 0 Å². The quantitative estimate of drug-likeness (QED) is 0.698. The van der Waals surface area contributed by atoms with E-state index in [-0.39, 0.29) is 6.10 Å². The van der Waals surface area contributed by atoms with E-state index < -0.39 is 0 Å². The van der Waals surface area contributed by atoms with E-state index in [1.54, 1.807) is 0 Å². The highest BCUT2D eigenvalue weighted by Gasteiger charge is 2.17. The molecule has 0 aliphatic carbocycles. The summed E-state index contributed by atoms with van der Waals surface area (Å²) in [5.74, 6) is 0.762. The lowest BCUT2D eigenvalue weighted by molar-refractivity contribution is 0.142. The largest absolute Gasteiger partial charge is 0.486 e. The molecule has 0 amide bonds. The van der Waals surface area contributed by atoms with Gasteiger partial charge >= 0.3 is 0 Å². The first kappa shape index (κ1) is 8.38. The van der Waals surface area contributed by atoms with Crippen LogP contribution in [0.2, 0.25) is 0 Å². The van der Waals surface area contributed by atoms with Crippen LogP contribution in [-0.2, 0) is 4.74 Å². The molecule has 13 heavy (non-hydrogen) atoms. The number of hydrogen-bond donors (Lipinski definition) is 1. The van der Waals surface area contributed by atoms with Crippen molar-refractivity contribution in [3.05, 3.63) is 24.3 Å². The normalized spacial score (nSPS) is 21.7. The van der Waals surface area contributed by atoms with Crippen molar-refractivity contribution in [2.45, 2.75) is 12.5 Å². The van der Waals surface area contributed by atoms with E-state index >= 15 is 0 Å². The lowest BCUT2D eigenvalue weighted by Crippen LogP contribution is -2.16. The van der Waals surface area contributed by atoms with E-state index in [1.807, 2.05) is 24.3 Å². The molecule has 0 saturated carbocycles. The van der Waals surface area contributed by atoms with Crippen molar-refractivity contribution in [1.29, 1.82) is 0 Å². The number of benzene rings is 1. The lowest BCUT2D eigenvalue weighted by atomic mass is 10.3. The van der Waals surface area contributed by atoms with Gasteiger partial charge in [-0.2, -0.15) is 0 Å². The van der Waals surface area contributed by atoms with Crippen molar-refractivity contribution in [3.63, 3.8) is 0 Å². The Balaban J connectivity index is 2.04. The predicted molar refractivity (Wildman–Crippen MR) is 50.7 cm³/mol. The first-order chi connectivity index (χ1) is 6.36. The number of ether oxygens (including phenoxy) is 2. The fraction of sp³-hybridized carbons (Fsp3) is 0.400. The highest BCUT2D eigenvalue weighted by Crippen LogP contribution is 2.23. The monoisotopic (exact) mass is 179 g/mol. The Morgan fingerprint density at radius 2 is 2.23 bits per heavy atom. The number of anilines is 1. The topological polar surface area (TPSA) is 44.5 Å². The molecule has 1 saturated heterocycles. The molecule has 1 aromatic carbocycles. The van der Waals surface area contributed by atoms with Gasteiger partial charge in [-0.1, -0.05) is 12.1 Å². The minimum Gasteiger partial charge on any atom is -0.486 e. The Bertz CT molecular complexity index is 282. The Kier molecular flexibility index (Phi) is 2.36. The Morgan fingerprint density at radius 3 is 2.92 bits per heavy atom. The minimum absolute atomic E-state index is 0.171. The van der Waals surface area contributed by atoms with Crippen LogP contribution in [0.1, 0.15) is 6.42 Å². The number of hydrogen-bond acceptors (Lipinski definition) is 3. The standard InChI is InChI=1S/C10H13NO2/c11-9-3-1-2-4-10(9)13-8-5-6-12-7-8/h1-4,8H,5-7,11H2/t8-/m0/s1. The summed E-state index contributed by atoms with van der Waals surface area (Å²) in [6, 6.07) is 7.54. The van der Waals surface area contributed by atoms with Gasteiger partial charge in [0.25, 0.3) is 0 Å². The molecule has 1 heterocycles. The molecule has 1 atom stereocenters. The first-order valence-electron chi connectivity index (χ1n) is 4.45. The van der Waals surface area contributed by atoms with Crippen molar-refractivity contribution in [2.75, 3.05) is 18.9 Å². The minimum atomic E-state index is 0.171. The average molecular weight is 179 g/mol.